The molecule has 0 radical (unpaired) electrons. The summed E-state index contributed by atoms with van der Waals surface area (Å²) in [6, 6.07) is 4.06. The van der Waals surface area contributed by atoms with Crippen molar-refractivity contribution in [1.82, 2.24) is 14.9 Å². The third-order valence-electron chi connectivity index (χ3n) is 6.68. The first kappa shape index (κ1) is 19.1. The summed E-state index contributed by atoms with van der Waals surface area (Å²) in [5, 5.41) is 1.16. The van der Waals surface area contributed by atoms with Crippen LogP contribution < -0.4 is 0 Å². The number of carbonyl (C=O) groups is 2. The molecule has 30 heavy (non-hydrogen) atoms. The molecule has 0 unspecified atom stereocenters. The van der Waals surface area contributed by atoms with Crippen LogP contribution >= 0.6 is 0 Å². The molecule has 1 N–H and O–H groups in total. The zero-order chi connectivity index (χ0) is 21.0. The minimum atomic E-state index is -0.124. The SMILES string of the molecule is Cc1c(C(=O)N2CCC(c3c[nH]c4ncccc34)CC2)oc2c1C(=O)CC(C)(C)C2. The minimum Gasteiger partial charge on any atom is -0.455 e. The van der Waals surface area contributed by atoms with E-state index in [0.29, 0.717) is 54.5 Å². The zero-order valence-corrected chi connectivity index (χ0v) is 17.7. The average molecular weight is 405 g/mol. The van der Waals surface area contributed by atoms with Crippen LogP contribution in [-0.2, 0) is 6.42 Å². The second kappa shape index (κ2) is 6.83. The fraction of sp³-hybridized carbons (Fsp3) is 0.458. The summed E-state index contributed by atoms with van der Waals surface area (Å²) in [5.74, 6) is 1.43. The Bertz CT molecular complexity index is 1150. The normalized spacial score (nSPS) is 19.3. The highest BCUT2D eigenvalue weighted by Crippen LogP contribution is 2.39. The molecule has 0 spiro atoms. The second-order valence-corrected chi connectivity index (χ2v) is 9.51. The number of pyridine rings is 1. The Kier molecular flexibility index (Phi) is 4.34. The maximum absolute atomic E-state index is 13.2. The molecule has 1 fully saturated rings. The number of piperidine rings is 1. The van der Waals surface area contributed by atoms with E-state index in [1.165, 1.54) is 5.56 Å². The van der Waals surface area contributed by atoms with Gasteiger partial charge >= 0.3 is 0 Å². The number of hydrogen-bond acceptors (Lipinski definition) is 4. The molecule has 1 saturated heterocycles. The predicted molar refractivity (Wildman–Crippen MR) is 114 cm³/mol. The number of fused-ring (bicyclic) bond motifs is 2. The molecule has 3 aromatic rings. The summed E-state index contributed by atoms with van der Waals surface area (Å²) < 4.78 is 5.99. The summed E-state index contributed by atoms with van der Waals surface area (Å²) in [6.45, 7) is 7.34. The van der Waals surface area contributed by atoms with E-state index in [9.17, 15) is 9.59 Å². The Labute approximate surface area is 175 Å². The number of aromatic amines is 1. The fourth-order valence-corrected chi connectivity index (χ4v) is 5.14. The molecule has 0 bridgehead atoms. The number of ketones is 1. The van der Waals surface area contributed by atoms with Crippen molar-refractivity contribution in [1.29, 1.82) is 0 Å². The molecule has 0 aromatic carbocycles. The van der Waals surface area contributed by atoms with Gasteiger partial charge in [-0.2, -0.15) is 0 Å². The molecule has 4 heterocycles. The third-order valence-corrected chi connectivity index (χ3v) is 6.68. The van der Waals surface area contributed by atoms with E-state index in [-0.39, 0.29) is 17.1 Å². The number of Topliss-reactive ketones (excluding diaryl/α,β-unsaturated/α-hetero) is 1. The molecule has 6 heteroatoms. The van der Waals surface area contributed by atoms with Gasteiger partial charge in [0.1, 0.15) is 11.4 Å². The summed E-state index contributed by atoms with van der Waals surface area (Å²) >= 11 is 0. The fourth-order valence-electron chi connectivity index (χ4n) is 5.14. The largest absolute Gasteiger partial charge is 0.455 e. The Morgan fingerprint density at radius 1 is 1.27 bits per heavy atom. The molecule has 1 amide bonds. The van der Waals surface area contributed by atoms with E-state index in [0.717, 1.165) is 23.9 Å². The molecule has 6 nitrogen and oxygen atoms in total. The van der Waals surface area contributed by atoms with Gasteiger partial charge < -0.3 is 14.3 Å². The third kappa shape index (κ3) is 3.06. The first-order valence-electron chi connectivity index (χ1n) is 10.7. The minimum absolute atomic E-state index is 0.0909. The number of aromatic nitrogens is 2. The van der Waals surface area contributed by atoms with Crippen molar-refractivity contribution in [3.63, 3.8) is 0 Å². The number of furan rings is 1. The highest BCUT2D eigenvalue weighted by Gasteiger charge is 2.38. The van der Waals surface area contributed by atoms with Gasteiger partial charge in [0.2, 0.25) is 0 Å². The summed E-state index contributed by atoms with van der Waals surface area (Å²) in [7, 11) is 0. The van der Waals surface area contributed by atoms with Crippen LogP contribution in [0.2, 0.25) is 0 Å². The van der Waals surface area contributed by atoms with Gasteiger partial charge in [0.05, 0.1) is 5.56 Å². The number of H-pyrrole nitrogens is 1. The van der Waals surface area contributed by atoms with Crippen LogP contribution in [0.15, 0.2) is 28.9 Å². The Balaban J connectivity index is 1.34. The van der Waals surface area contributed by atoms with Crippen LogP contribution in [0.4, 0.5) is 0 Å². The smallest absolute Gasteiger partial charge is 0.289 e. The van der Waals surface area contributed by atoms with Gasteiger partial charge in [0.15, 0.2) is 11.5 Å². The second-order valence-electron chi connectivity index (χ2n) is 9.51. The molecule has 1 aliphatic carbocycles. The van der Waals surface area contributed by atoms with E-state index in [4.69, 9.17) is 4.42 Å². The highest BCUT2D eigenvalue weighted by atomic mass is 16.4. The van der Waals surface area contributed by atoms with Gasteiger partial charge in [-0.3, -0.25) is 9.59 Å². The van der Waals surface area contributed by atoms with Crippen molar-refractivity contribution < 1.29 is 14.0 Å². The molecule has 5 rings (SSSR count). The van der Waals surface area contributed by atoms with Crippen molar-refractivity contribution in [3.05, 3.63) is 52.7 Å². The Hall–Kier alpha value is -2.89. The molecule has 156 valence electrons. The van der Waals surface area contributed by atoms with Crippen LogP contribution in [0, 0.1) is 12.3 Å². The lowest BCUT2D eigenvalue weighted by Gasteiger charge is -2.31. The standard InChI is InChI=1S/C24H27N3O3/c1-14-20-18(28)11-24(2,3)12-19(20)30-21(14)23(29)27-9-6-15(7-10-27)17-13-26-22-16(17)5-4-8-25-22/h4-5,8,13,15H,6-7,9-12H2,1-3H3,(H,25,26). The lowest BCUT2D eigenvalue weighted by molar-refractivity contribution is 0.0675. The van der Waals surface area contributed by atoms with E-state index < -0.39 is 0 Å². The number of likely N-dealkylation sites (tertiary alicyclic amines) is 1. The average Bonchev–Trinajstić information content (AvgIpc) is 3.28. The van der Waals surface area contributed by atoms with Crippen molar-refractivity contribution >= 4 is 22.7 Å². The van der Waals surface area contributed by atoms with Gasteiger partial charge in [0, 0.05) is 49.3 Å². The van der Waals surface area contributed by atoms with Gasteiger partial charge in [-0.15, -0.1) is 0 Å². The van der Waals surface area contributed by atoms with E-state index in [1.807, 2.05) is 17.9 Å². The number of rotatable bonds is 2. The molecule has 0 atom stereocenters. The van der Waals surface area contributed by atoms with E-state index in [2.05, 4.69) is 36.1 Å². The van der Waals surface area contributed by atoms with Crippen molar-refractivity contribution in [2.75, 3.05) is 13.1 Å². The van der Waals surface area contributed by atoms with Gasteiger partial charge in [-0.1, -0.05) is 13.8 Å². The zero-order valence-electron chi connectivity index (χ0n) is 17.7. The highest BCUT2D eigenvalue weighted by molar-refractivity contribution is 6.03. The summed E-state index contributed by atoms with van der Waals surface area (Å²) in [5.41, 5.74) is 3.42. The molecule has 0 saturated carbocycles. The van der Waals surface area contributed by atoms with Crippen molar-refractivity contribution in [3.8, 4) is 0 Å². The van der Waals surface area contributed by atoms with Gasteiger partial charge in [-0.05, 0) is 48.8 Å². The van der Waals surface area contributed by atoms with Crippen LogP contribution in [0.5, 0.6) is 0 Å². The molecule has 2 aliphatic rings. The quantitative estimate of drug-likeness (QED) is 0.674. The summed E-state index contributed by atoms with van der Waals surface area (Å²) in [4.78, 5) is 35.3. The van der Waals surface area contributed by atoms with Crippen LogP contribution in [0.3, 0.4) is 0 Å². The van der Waals surface area contributed by atoms with E-state index in [1.54, 1.807) is 6.20 Å². The van der Waals surface area contributed by atoms with Crippen LogP contribution in [-0.4, -0.2) is 39.6 Å². The Morgan fingerprint density at radius 2 is 2.03 bits per heavy atom. The number of nitrogens with one attached hydrogen (secondary N) is 1. The monoisotopic (exact) mass is 405 g/mol. The summed E-state index contributed by atoms with van der Waals surface area (Å²) in [6.07, 6.45) is 6.84. The maximum atomic E-state index is 13.2. The van der Waals surface area contributed by atoms with Crippen LogP contribution in [0.25, 0.3) is 11.0 Å². The lowest BCUT2D eigenvalue weighted by atomic mass is 9.76. The molecule has 1 aliphatic heterocycles. The topological polar surface area (TPSA) is 79.2 Å². The predicted octanol–water partition coefficient (Wildman–Crippen LogP) is 4.64. The molecular weight excluding hydrogens is 378 g/mol. The number of amides is 1. The van der Waals surface area contributed by atoms with Gasteiger partial charge in [-0.25, -0.2) is 4.98 Å². The Morgan fingerprint density at radius 3 is 2.80 bits per heavy atom. The van der Waals surface area contributed by atoms with Crippen LogP contribution in [0.1, 0.15) is 76.8 Å². The number of hydrogen-bond donors (Lipinski definition) is 1. The first-order valence-corrected chi connectivity index (χ1v) is 10.7. The molecular formula is C24H27N3O3. The first-order chi connectivity index (χ1) is 14.3. The molecule has 3 aromatic heterocycles. The number of carbonyl (C=O) groups excluding carboxylic acids is 2. The lowest BCUT2D eigenvalue weighted by Crippen LogP contribution is -2.38. The van der Waals surface area contributed by atoms with E-state index >= 15 is 0 Å². The number of nitrogens with zero attached hydrogens (tertiary/aromatic N) is 2. The van der Waals surface area contributed by atoms with Crippen molar-refractivity contribution in [2.45, 2.75) is 52.4 Å². The van der Waals surface area contributed by atoms with Gasteiger partial charge in [0.25, 0.3) is 5.91 Å². The van der Waals surface area contributed by atoms with Crippen molar-refractivity contribution in [2.24, 2.45) is 5.41 Å². The maximum Gasteiger partial charge on any atom is 0.289 e.